The van der Waals surface area contributed by atoms with Gasteiger partial charge in [-0.05, 0) is 32.4 Å². The number of hydrogen-bond donors (Lipinski definition) is 2. The van der Waals surface area contributed by atoms with Crippen molar-refractivity contribution in [3.63, 3.8) is 0 Å². The van der Waals surface area contributed by atoms with Crippen LogP contribution in [0.5, 0.6) is 0 Å². The number of amides is 1. The van der Waals surface area contributed by atoms with E-state index in [1.165, 1.54) is 0 Å². The Morgan fingerprint density at radius 3 is 2.63 bits per heavy atom. The van der Waals surface area contributed by atoms with Crippen LogP contribution in [0.15, 0.2) is 5.16 Å². The molecular weight excluding hydrogens is 244 g/mol. The van der Waals surface area contributed by atoms with Gasteiger partial charge in [0.05, 0.1) is 0 Å². The highest BCUT2D eigenvalue weighted by atomic mass is 16.4. The smallest absolute Gasteiger partial charge is 0.233 e. The highest BCUT2D eigenvalue weighted by Gasteiger charge is 2.33. The van der Waals surface area contributed by atoms with E-state index in [0.717, 1.165) is 25.9 Å². The SMILES string of the molecule is CC(C)C(C(=O)N(C)C1CCCN(C)C1)C(N)=NO. The van der Waals surface area contributed by atoms with E-state index >= 15 is 0 Å². The van der Waals surface area contributed by atoms with E-state index in [1.807, 2.05) is 20.9 Å². The van der Waals surface area contributed by atoms with Crippen LogP contribution in [0.2, 0.25) is 0 Å². The number of likely N-dealkylation sites (tertiary alicyclic amines) is 1. The van der Waals surface area contributed by atoms with Crippen LogP contribution in [-0.2, 0) is 4.79 Å². The summed E-state index contributed by atoms with van der Waals surface area (Å²) in [6, 6.07) is 0.207. The predicted molar refractivity (Wildman–Crippen MR) is 75.0 cm³/mol. The van der Waals surface area contributed by atoms with Crippen molar-refractivity contribution in [3.05, 3.63) is 0 Å². The fraction of sp³-hybridized carbons (Fsp3) is 0.846. The first kappa shape index (κ1) is 15.8. The second-order valence-corrected chi connectivity index (χ2v) is 5.75. The topological polar surface area (TPSA) is 82.2 Å². The summed E-state index contributed by atoms with van der Waals surface area (Å²) >= 11 is 0. The van der Waals surface area contributed by atoms with Crippen LogP contribution in [0.4, 0.5) is 0 Å². The molecule has 0 saturated carbocycles. The monoisotopic (exact) mass is 270 g/mol. The third kappa shape index (κ3) is 3.83. The number of rotatable bonds is 4. The predicted octanol–water partition coefficient (Wildman–Crippen LogP) is 0.558. The molecule has 110 valence electrons. The number of hydrogen-bond acceptors (Lipinski definition) is 4. The normalized spacial score (nSPS) is 23.4. The molecule has 1 fully saturated rings. The second kappa shape index (κ2) is 6.75. The highest BCUT2D eigenvalue weighted by Crippen LogP contribution is 2.19. The van der Waals surface area contributed by atoms with Crippen molar-refractivity contribution in [3.8, 4) is 0 Å². The lowest BCUT2D eigenvalue weighted by Crippen LogP contribution is -2.51. The highest BCUT2D eigenvalue weighted by molar-refractivity contribution is 6.02. The van der Waals surface area contributed by atoms with E-state index < -0.39 is 5.92 Å². The number of amidine groups is 1. The van der Waals surface area contributed by atoms with Crippen LogP contribution in [0.1, 0.15) is 26.7 Å². The first-order chi connectivity index (χ1) is 8.88. The lowest BCUT2D eigenvalue weighted by molar-refractivity contribution is -0.136. The van der Waals surface area contributed by atoms with Gasteiger partial charge in [-0.3, -0.25) is 4.79 Å². The van der Waals surface area contributed by atoms with Gasteiger partial charge in [0.25, 0.3) is 0 Å². The van der Waals surface area contributed by atoms with E-state index in [9.17, 15) is 4.79 Å². The molecule has 0 aromatic heterocycles. The van der Waals surface area contributed by atoms with E-state index in [2.05, 4.69) is 17.1 Å². The van der Waals surface area contributed by atoms with Gasteiger partial charge < -0.3 is 20.7 Å². The standard InChI is InChI=1S/C13H26N4O2/c1-9(2)11(12(14)15-19)13(18)17(4)10-6-5-7-16(3)8-10/h9-11,19H,5-8H2,1-4H3,(H2,14,15). The van der Waals surface area contributed by atoms with Crippen LogP contribution in [0.25, 0.3) is 0 Å². The van der Waals surface area contributed by atoms with Gasteiger partial charge >= 0.3 is 0 Å². The number of nitrogens with two attached hydrogens (primary N) is 1. The summed E-state index contributed by atoms with van der Waals surface area (Å²) in [6.07, 6.45) is 2.10. The zero-order valence-corrected chi connectivity index (χ0v) is 12.3. The van der Waals surface area contributed by atoms with Crippen molar-refractivity contribution in [2.24, 2.45) is 22.7 Å². The van der Waals surface area contributed by atoms with Crippen molar-refractivity contribution in [1.82, 2.24) is 9.80 Å². The fourth-order valence-electron chi connectivity index (χ4n) is 2.67. The lowest BCUT2D eigenvalue weighted by Gasteiger charge is -2.37. The van der Waals surface area contributed by atoms with Gasteiger partial charge in [0.1, 0.15) is 5.92 Å². The molecule has 6 heteroatoms. The van der Waals surface area contributed by atoms with Crippen molar-refractivity contribution in [1.29, 1.82) is 0 Å². The molecule has 0 aromatic rings. The Hall–Kier alpha value is -1.30. The Balaban J connectivity index is 2.78. The largest absolute Gasteiger partial charge is 0.409 e. The Labute approximate surface area is 115 Å². The minimum Gasteiger partial charge on any atom is -0.409 e. The molecule has 2 unspecified atom stereocenters. The molecule has 0 aromatic carbocycles. The fourth-order valence-corrected chi connectivity index (χ4v) is 2.67. The van der Waals surface area contributed by atoms with Crippen LogP contribution < -0.4 is 5.73 Å². The molecule has 1 heterocycles. The molecule has 1 rings (SSSR count). The third-order valence-electron chi connectivity index (χ3n) is 3.86. The number of nitrogens with zero attached hydrogens (tertiary/aromatic N) is 3. The minimum absolute atomic E-state index is 0.00369. The number of oxime groups is 1. The first-order valence-corrected chi connectivity index (χ1v) is 6.81. The number of likely N-dealkylation sites (N-methyl/N-ethyl adjacent to an activating group) is 2. The average Bonchev–Trinajstić information content (AvgIpc) is 2.37. The van der Waals surface area contributed by atoms with Crippen LogP contribution in [0.3, 0.4) is 0 Å². The van der Waals surface area contributed by atoms with E-state index in [1.54, 1.807) is 4.90 Å². The average molecular weight is 270 g/mol. The molecule has 1 saturated heterocycles. The summed E-state index contributed by atoms with van der Waals surface area (Å²) in [5, 5.41) is 11.8. The molecule has 3 N–H and O–H groups in total. The molecular formula is C13H26N4O2. The number of piperidine rings is 1. The Morgan fingerprint density at radius 2 is 2.16 bits per heavy atom. The summed E-state index contributed by atoms with van der Waals surface area (Å²) in [7, 11) is 3.88. The Morgan fingerprint density at radius 1 is 1.53 bits per heavy atom. The lowest BCUT2D eigenvalue weighted by atomic mass is 9.92. The Kier molecular flexibility index (Phi) is 5.60. The first-order valence-electron chi connectivity index (χ1n) is 6.81. The molecule has 19 heavy (non-hydrogen) atoms. The minimum atomic E-state index is -0.553. The van der Waals surface area contributed by atoms with Crippen LogP contribution in [0, 0.1) is 11.8 Å². The molecule has 2 atom stereocenters. The second-order valence-electron chi connectivity index (χ2n) is 5.75. The van der Waals surface area contributed by atoms with Crippen LogP contribution in [-0.4, -0.2) is 60.0 Å². The maximum Gasteiger partial charge on any atom is 0.233 e. The molecule has 1 aliphatic rings. The van der Waals surface area contributed by atoms with Gasteiger partial charge in [-0.2, -0.15) is 0 Å². The van der Waals surface area contributed by atoms with E-state index in [4.69, 9.17) is 10.9 Å². The molecule has 1 aliphatic heterocycles. The number of carbonyl (C=O) groups is 1. The molecule has 6 nitrogen and oxygen atoms in total. The van der Waals surface area contributed by atoms with Gasteiger partial charge in [0.2, 0.25) is 5.91 Å². The Bertz CT molecular complexity index is 344. The van der Waals surface area contributed by atoms with Gasteiger partial charge in [0, 0.05) is 19.6 Å². The van der Waals surface area contributed by atoms with Crippen molar-refractivity contribution in [2.75, 3.05) is 27.2 Å². The molecule has 0 aliphatic carbocycles. The summed E-state index contributed by atoms with van der Waals surface area (Å²) < 4.78 is 0. The molecule has 0 spiro atoms. The van der Waals surface area contributed by atoms with E-state index in [-0.39, 0.29) is 23.7 Å². The van der Waals surface area contributed by atoms with Gasteiger partial charge in [0.15, 0.2) is 5.84 Å². The number of carbonyl (C=O) groups excluding carboxylic acids is 1. The summed E-state index contributed by atoms with van der Waals surface area (Å²) in [5.74, 6) is -0.615. The molecule has 1 amide bonds. The van der Waals surface area contributed by atoms with Crippen LogP contribution >= 0.6 is 0 Å². The van der Waals surface area contributed by atoms with Crippen molar-refractivity contribution in [2.45, 2.75) is 32.7 Å². The van der Waals surface area contributed by atoms with E-state index in [0.29, 0.717) is 0 Å². The molecule has 0 bridgehead atoms. The summed E-state index contributed by atoms with van der Waals surface area (Å²) in [5.41, 5.74) is 5.66. The summed E-state index contributed by atoms with van der Waals surface area (Å²) in [6.45, 7) is 5.76. The van der Waals surface area contributed by atoms with Gasteiger partial charge in [-0.15, -0.1) is 0 Å². The van der Waals surface area contributed by atoms with Gasteiger partial charge in [-0.25, -0.2) is 0 Å². The zero-order valence-electron chi connectivity index (χ0n) is 12.3. The summed E-state index contributed by atoms with van der Waals surface area (Å²) in [4.78, 5) is 16.5. The quantitative estimate of drug-likeness (QED) is 0.338. The van der Waals surface area contributed by atoms with Gasteiger partial charge in [-0.1, -0.05) is 19.0 Å². The zero-order chi connectivity index (χ0) is 14.6. The maximum atomic E-state index is 12.5. The maximum absolute atomic E-state index is 12.5. The van der Waals surface area contributed by atoms with Crippen molar-refractivity contribution < 1.29 is 10.0 Å². The third-order valence-corrected chi connectivity index (χ3v) is 3.86. The molecule has 0 radical (unpaired) electrons. The van der Waals surface area contributed by atoms with Crippen molar-refractivity contribution >= 4 is 11.7 Å².